The lowest BCUT2D eigenvalue weighted by Gasteiger charge is -2.15. The number of halogens is 1. The lowest BCUT2D eigenvalue weighted by molar-refractivity contribution is 0.598. The van der Waals surface area contributed by atoms with E-state index in [1.165, 1.54) is 12.1 Å². The molecule has 24 heavy (non-hydrogen) atoms. The Balaban J connectivity index is 2.19. The largest absolute Gasteiger partial charge is 0.361 e. The fourth-order valence-electron chi connectivity index (χ4n) is 1.70. The van der Waals surface area contributed by atoms with Crippen molar-refractivity contribution in [2.24, 2.45) is 5.14 Å². The highest BCUT2D eigenvalue weighted by Crippen LogP contribution is 2.23. The smallest absolute Gasteiger partial charge is 0.238 e. The normalized spacial score (nSPS) is 12.5. The van der Waals surface area contributed by atoms with Gasteiger partial charge in [-0.05, 0) is 54.0 Å². The molecule has 1 unspecified atom stereocenters. The number of aromatic nitrogens is 2. The molecule has 2 aromatic rings. The van der Waals surface area contributed by atoms with Crippen molar-refractivity contribution in [2.45, 2.75) is 24.8 Å². The van der Waals surface area contributed by atoms with Crippen LogP contribution >= 0.6 is 15.9 Å². The van der Waals surface area contributed by atoms with E-state index in [9.17, 15) is 8.42 Å². The minimum Gasteiger partial charge on any atom is -0.361 e. The van der Waals surface area contributed by atoms with Crippen LogP contribution in [-0.4, -0.2) is 30.1 Å². The van der Waals surface area contributed by atoms with Crippen LogP contribution in [0, 0.1) is 5.41 Å². The first-order valence-corrected chi connectivity index (χ1v) is 9.25. The van der Waals surface area contributed by atoms with Gasteiger partial charge < -0.3 is 16.0 Å². The van der Waals surface area contributed by atoms with E-state index < -0.39 is 10.0 Å². The van der Waals surface area contributed by atoms with Gasteiger partial charge in [0.1, 0.15) is 5.82 Å². The average Bonchev–Trinajstić information content (AvgIpc) is 2.50. The SMILES string of the molecule is CC(=N)C(C)Nc1nc(Nc2ccc(S(N)(=O)=O)cc2)ncc1Br. The van der Waals surface area contributed by atoms with Crippen molar-refractivity contribution in [2.75, 3.05) is 10.6 Å². The lowest BCUT2D eigenvalue weighted by Crippen LogP contribution is -2.24. The van der Waals surface area contributed by atoms with Gasteiger partial charge in [-0.25, -0.2) is 18.5 Å². The molecule has 1 aromatic carbocycles. The number of benzene rings is 1. The van der Waals surface area contributed by atoms with Crippen molar-refractivity contribution >= 4 is 49.1 Å². The minimum atomic E-state index is -3.72. The number of nitrogens with zero attached hydrogens (tertiary/aromatic N) is 2. The summed E-state index contributed by atoms with van der Waals surface area (Å²) in [6.45, 7) is 3.56. The van der Waals surface area contributed by atoms with Crippen LogP contribution in [0.1, 0.15) is 13.8 Å². The van der Waals surface area contributed by atoms with Gasteiger partial charge in [-0.3, -0.25) is 0 Å². The molecule has 0 spiro atoms. The number of primary sulfonamides is 1. The third-order valence-electron chi connectivity index (χ3n) is 3.19. The minimum absolute atomic E-state index is 0.0300. The van der Waals surface area contributed by atoms with E-state index in [1.807, 2.05) is 6.92 Å². The summed E-state index contributed by atoms with van der Waals surface area (Å²) in [7, 11) is -3.72. The number of hydrogen-bond acceptors (Lipinski definition) is 7. The number of anilines is 3. The number of nitrogens with two attached hydrogens (primary N) is 1. The van der Waals surface area contributed by atoms with Gasteiger partial charge in [0, 0.05) is 17.6 Å². The van der Waals surface area contributed by atoms with E-state index in [-0.39, 0.29) is 10.9 Å². The zero-order chi connectivity index (χ0) is 17.9. The molecule has 1 aromatic heterocycles. The van der Waals surface area contributed by atoms with Crippen molar-refractivity contribution in [3.05, 3.63) is 34.9 Å². The molecular formula is C14H17BrN6O2S. The van der Waals surface area contributed by atoms with E-state index in [2.05, 4.69) is 36.5 Å². The number of sulfonamides is 1. The maximum absolute atomic E-state index is 11.2. The van der Waals surface area contributed by atoms with Crippen molar-refractivity contribution in [3.8, 4) is 0 Å². The molecule has 0 saturated heterocycles. The summed E-state index contributed by atoms with van der Waals surface area (Å²) in [4.78, 5) is 8.52. The van der Waals surface area contributed by atoms with Gasteiger partial charge in [0.25, 0.3) is 0 Å². The lowest BCUT2D eigenvalue weighted by atomic mass is 10.2. The Kier molecular flexibility index (Phi) is 5.52. The third kappa shape index (κ3) is 4.73. The fraction of sp³-hybridized carbons (Fsp3) is 0.214. The molecule has 0 aliphatic heterocycles. The standard InChI is InChI=1S/C14H17BrN6O2S/c1-8(16)9(2)19-13-12(15)7-18-14(21-13)20-10-3-5-11(6-4-10)24(17,22)23/h3-7,9,16H,1-2H3,(H2,17,22,23)(H2,18,19,20,21). The Morgan fingerprint density at radius 2 is 1.96 bits per heavy atom. The zero-order valence-electron chi connectivity index (χ0n) is 13.0. The first-order chi connectivity index (χ1) is 11.2. The zero-order valence-corrected chi connectivity index (χ0v) is 15.4. The molecule has 0 bridgehead atoms. The molecule has 0 saturated carbocycles. The summed E-state index contributed by atoms with van der Waals surface area (Å²) in [5, 5.41) is 18.8. The molecule has 8 nitrogen and oxygen atoms in total. The van der Waals surface area contributed by atoms with Crippen LogP contribution in [0.4, 0.5) is 17.5 Å². The summed E-state index contributed by atoms with van der Waals surface area (Å²) in [6.07, 6.45) is 1.59. The number of rotatable bonds is 6. The van der Waals surface area contributed by atoms with Crippen LogP contribution in [0.25, 0.3) is 0 Å². The van der Waals surface area contributed by atoms with E-state index in [0.29, 0.717) is 27.6 Å². The average molecular weight is 413 g/mol. The third-order valence-corrected chi connectivity index (χ3v) is 4.70. The van der Waals surface area contributed by atoms with E-state index in [4.69, 9.17) is 10.5 Å². The van der Waals surface area contributed by atoms with Gasteiger partial charge in [0.05, 0.1) is 15.4 Å². The van der Waals surface area contributed by atoms with Gasteiger partial charge in [-0.15, -0.1) is 0 Å². The van der Waals surface area contributed by atoms with Crippen LogP contribution < -0.4 is 15.8 Å². The summed E-state index contributed by atoms with van der Waals surface area (Å²) >= 11 is 3.36. The molecule has 1 atom stereocenters. The Bertz CT molecular complexity index is 854. The maximum atomic E-state index is 11.2. The molecule has 5 N–H and O–H groups in total. The van der Waals surface area contributed by atoms with Crippen LogP contribution in [-0.2, 0) is 10.0 Å². The molecule has 0 fully saturated rings. The van der Waals surface area contributed by atoms with Crippen molar-refractivity contribution in [3.63, 3.8) is 0 Å². The second-order valence-electron chi connectivity index (χ2n) is 5.13. The highest BCUT2D eigenvalue weighted by molar-refractivity contribution is 9.10. The molecule has 10 heteroatoms. The van der Waals surface area contributed by atoms with Crippen LogP contribution in [0.2, 0.25) is 0 Å². The molecule has 0 aliphatic carbocycles. The summed E-state index contributed by atoms with van der Waals surface area (Å²) in [5.41, 5.74) is 1.10. The predicted octanol–water partition coefficient (Wildman–Crippen LogP) is 2.47. The summed E-state index contributed by atoms with van der Waals surface area (Å²) in [6, 6.07) is 5.77. The molecule has 0 amide bonds. The monoisotopic (exact) mass is 412 g/mol. The first-order valence-electron chi connectivity index (χ1n) is 6.91. The van der Waals surface area contributed by atoms with Gasteiger partial charge in [-0.1, -0.05) is 0 Å². The van der Waals surface area contributed by atoms with E-state index >= 15 is 0 Å². The van der Waals surface area contributed by atoms with Crippen molar-refractivity contribution in [1.82, 2.24) is 9.97 Å². The van der Waals surface area contributed by atoms with Gasteiger partial charge in [-0.2, -0.15) is 4.98 Å². The van der Waals surface area contributed by atoms with E-state index in [1.54, 1.807) is 25.3 Å². The molecule has 2 rings (SSSR count). The quantitative estimate of drug-likeness (QED) is 0.538. The van der Waals surface area contributed by atoms with Gasteiger partial charge in [0.2, 0.25) is 16.0 Å². The number of nitrogens with one attached hydrogen (secondary N) is 3. The van der Waals surface area contributed by atoms with Crippen LogP contribution in [0.15, 0.2) is 39.8 Å². The molecule has 0 radical (unpaired) electrons. The van der Waals surface area contributed by atoms with Crippen LogP contribution in [0.5, 0.6) is 0 Å². The first kappa shape index (κ1) is 18.3. The Labute approximate surface area is 148 Å². The second-order valence-corrected chi connectivity index (χ2v) is 7.55. The Hall–Kier alpha value is -2.04. The predicted molar refractivity (Wildman–Crippen MR) is 97.3 cm³/mol. The van der Waals surface area contributed by atoms with E-state index in [0.717, 1.165) is 0 Å². The second kappa shape index (κ2) is 7.24. The Morgan fingerprint density at radius 3 is 2.50 bits per heavy atom. The van der Waals surface area contributed by atoms with Crippen molar-refractivity contribution in [1.29, 1.82) is 5.41 Å². The van der Waals surface area contributed by atoms with Gasteiger partial charge in [0.15, 0.2) is 0 Å². The van der Waals surface area contributed by atoms with Crippen molar-refractivity contribution < 1.29 is 8.42 Å². The molecule has 0 aliphatic rings. The fourth-order valence-corrected chi connectivity index (χ4v) is 2.52. The maximum Gasteiger partial charge on any atom is 0.238 e. The Morgan fingerprint density at radius 1 is 1.33 bits per heavy atom. The highest BCUT2D eigenvalue weighted by Gasteiger charge is 2.11. The summed E-state index contributed by atoms with van der Waals surface area (Å²) in [5.74, 6) is 0.881. The summed E-state index contributed by atoms with van der Waals surface area (Å²) < 4.78 is 23.2. The van der Waals surface area contributed by atoms with Crippen LogP contribution in [0.3, 0.4) is 0 Å². The molecular weight excluding hydrogens is 396 g/mol. The van der Waals surface area contributed by atoms with Gasteiger partial charge >= 0.3 is 0 Å². The molecule has 128 valence electrons. The molecule has 1 heterocycles. The highest BCUT2D eigenvalue weighted by atomic mass is 79.9. The number of hydrogen-bond donors (Lipinski definition) is 4. The topological polar surface area (TPSA) is 134 Å².